The SMILES string of the molecule is Cc1cc(Cl)cc(S(N)(=O)=O)c1. The third-order valence-corrected chi connectivity index (χ3v) is 2.46. The summed E-state index contributed by atoms with van der Waals surface area (Å²) in [7, 11) is -3.63. The quantitative estimate of drug-likeness (QED) is 0.751. The number of primary sulfonamides is 1. The van der Waals surface area contributed by atoms with E-state index in [2.05, 4.69) is 0 Å². The highest BCUT2D eigenvalue weighted by molar-refractivity contribution is 7.89. The van der Waals surface area contributed by atoms with Gasteiger partial charge >= 0.3 is 0 Å². The van der Waals surface area contributed by atoms with E-state index in [9.17, 15) is 8.42 Å². The Morgan fingerprint density at radius 3 is 2.33 bits per heavy atom. The molecule has 0 fully saturated rings. The second kappa shape index (κ2) is 3.05. The van der Waals surface area contributed by atoms with Crippen molar-refractivity contribution in [3.63, 3.8) is 0 Å². The maximum absolute atomic E-state index is 10.9. The summed E-state index contributed by atoms with van der Waals surface area (Å²) >= 11 is 5.64. The van der Waals surface area contributed by atoms with Gasteiger partial charge in [0.2, 0.25) is 10.0 Å². The van der Waals surface area contributed by atoms with Gasteiger partial charge in [0, 0.05) is 5.02 Å². The van der Waals surface area contributed by atoms with Gasteiger partial charge in [-0.2, -0.15) is 0 Å². The van der Waals surface area contributed by atoms with Crippen molar-refractivity contribution < 1.29 is 8.42 Å². The average molecular weight is 206 g/mol. The van der Waals surface area contributed by atoms with E-state index in [1.165, 1.54) is 12.1 Å². The van der Waals surface area contributed by atoms with E-state index < -0.39 is 10.0 Å². The van der Waals surface area contributed by atoms with E-state index >= 15 is 0 Å². The Morgan fingerprint density at radius 2 is 1.92 bits per heavy atom. The molecular weight excluding hydrogens is 198 g/mol. The van der Waals surface area contributed by atoms with Gasteiger partial charge in [-0.3, -0.25) is 0 Å². The zero-order valence-corrected chi connectivity index (χ0v) is 7.98. The van der Waals surface area contributed by atoms with E-state index in [4.69, 9.17) is 16.7 Å². The molecule has 1 aromatic rings. The molecule has 0 spiro atoms. The lowest BCUT2D eigenvalue weighted by Crippen LogP contribution is -2.12. The van der Waals surface area contributed by atoms with Crippen molar-refractivity contribution in [1.82, 2.24) is 0 Å². The van der Waals surface area contributed by atoms with Crippen LogP contribution in [0, 0.1) is 6.92 Å². The molecule has 2 N–H and O–H groups in total. The third-order valence-electron chi connectivity index (χ3n) is 1.34. The zero-order valence-electron chi connectivity index (χ0n) is 6.41. The predicted molar refractivity (Wildman–Crippen MR) is 47.6 cm³/mol. The van der Waals surface area contributed by atoms with Crippen LogP contribution in [-0.4, -0.2) is 8.42 Å². The average Bonchev–Trinajstić information content (AvgIpc) is 1.82. The van der Waals surface area contributed by atoms with Crippen LogP contribution in [0.4, 0.5) is 0 Å². The van der Waals surface area contributed by atoms with Crippen LogP contribution in [0.2, 0.25) is 5.02 Å². The van der Waals surface area contributed by atoms with E-state index in [1.807, 2.05) is 0 Å². The summed E-state index contributed by atoms with van der Waals surface area (Å²) in [6.45, 7) is 1.75. The van der Waals surface area contributed by atoms with Gasteiger partial charge in [0.15, 0.2) is 0 Å². The molecule has 1 rings (SSSR count). The van der Waals surface area contributed by atoms with Crippen molar-refractivity contribution in [2.75, 3.05) is 0 Å². The lowest BCUT2D eigenvalue weighted by atomic mass is 10.2. The summed E-state index contributed by atoms with van der Waals surface area (Å²) in [5.74, 6) is 0. The van der Waals surface area contributed by atoms with Gasteiger partial charge in [-0.1, -0.05) is 11.6 Å². The maximum Gasteiger partial charge on any atom is 0.238 e. The zero-order chi connectivity index (χ0) is 9.35. The van der Waals surface area contributed by atoms with Crippen LogP contribution < -0.4 is 5.14 Å². The Balaban J connectivity index is 3.37. The number of benzene rings is 1. The Hall–Kier alpha value is -0.580. The van der Waals surface area contributed by atoms with Crippen molar-refractivity contribution in [2.45, 2.75) is 11.8 Å². The molecule has 0 atom stereocenters. The molecule has 0 unspecified atom stereocenters. The second-order valence-corrected chi connectivity index (χ2v) is 4.51. The highest BCUT2D eigenvalue weighted by Crippen LogP contribution is 2.16. The molecule has 66 valence electrons. The van der Waals surface area contributed by atoms with E-state index in [1.54, 1.807) is 13.0 Å². The number of nitrogens with two attached hydrogens (primary N) is 1. The topological polar surface area (TPSA) is 60.2 Å². The highest BCUT2D eigenvalue weighted by Gasteiger charge is 2.08. The van der Waals surface area contributed by atoms with Crippen molar-refractivity contribution in [3.8, 4) is 0 Å². The Labute approximate surface area is 76.2 Å². The molecule has 3 nitrogen and oxygen atoms in total. The number of hydrogen-bond acceptors (Lipinski definition) is 2. The summed E-state index contributed by atoms with van der Waals surface area (Å²) in [6, 6.07) is 4.46. The molecule has 5 heteroatoms. The van der Waals surface area contributed by atoms with Gasteiger partial charge < -0.3 is 0 Å². The van der Waals surface area contributed by atoms with Gasteiger partial charge in [-0.15, -0.1) is 0 Å². The van der Waals surface area contributed by atoms with Crippen LogP contribution in [0.25, 0.3) is 0 Å². The first-order chi connectivity index (χ1) is 5.39. The summed E-state index contributed by atoms with van der Waals surface area (Å²) in [5.41, 5.74) is 0.770. The fraction of sp³-hybridized carbons (Fsp3) is 0.143. The normalized spacial score (nSPS) is 11.6. The van der Waals surface area contributed by atoms with Crippen LogP contribution in [0.3, 0.4) is 0 Å². The largest absolute Gasteiger partial charge is 0.238 e. The van der Waals surface area contributed by atoms with Crippen LogP contribution in [0.5, 0.6) is 0 Å². The summed E-state index contributed by atoms with van der Waals surface area (Å²) in [6.07, 6.45) is 0. The molecule has 1 aromatic carbocycles. The van der Waals surface area contributed by atoms with Crippen LogP contribution in [-0.2, 0) is 10.0 Å². The minimum atomic E-state index is -3.63. The number of halogens is 1. The molecule has 0 heterocycles. The summed E-state index contributed by atoms with van der Waals surface area (Å²) in [4.78, 5) is 0.0486. The number of hydrogen-bond donors (Lipinski definition) is 1. The van der Waals surface area contributed by atoms with Gasteiger partial charge in [0.1, 0.15) is 0 Å². The molecule has 0 aromatic heterocycles. The van der Waals surface area contributed by atoms with Crippen molar-refractivity contribution in [1.29, 1.82) is 0 Å². The summed E-state index contributed by atoms with van der Waals surface area (Å²) < 4.78 is 21.7. The first-order valence-corrected chi connectivity index (χ1v) is 5.12. The molecule has 12 heavy (non-hydrogen) atoms. The maximum atomic E-state index is 10.9. The van der Waals surface area contributed by atoms with Gasteiger partial charge in [0.25, 0.3) is 0 Å². The summed E-state index contributed by atoms with van der Waals surface area (Å²) in [5, 5.41) is 5.28. The Morgan fingerprint density at radius 1 is 1.33 bits per heavy atom. The van der Waals surface area contributed by atoms with Crippen LogP contribution in [0.1, 0.15) is 5.56 Å². The van der Waals surface area contributed by atoms with Crippen molar-refractivity contribution in [3.05, 3.63) is 28.8 Å². The smallest absolute Gasteiger partial charge is 0.225 e. The molecule has 0 radical (unpaired) electrons. The van der Waals surface area contributed by atoms with Crippen LogP contribution >= 0.6 is 11.6 Å². The monoisotopic (exact) mass is 205 g/mol. The first-order valence-electron chi connectivity index (χ1n) is 3.19. The molecule has 0 bridgehead atoms. The van der Waals surface area contributed by atoms with E-state index in [-0.39, 0.29) is 4.90 Å². The van der Waals surface area contributed by atoms with E-state index in [0.29, 0.717) is 5.02 Å². The van der Waals surface area contributed by atoms with Gasteiger partial charge in [-0.25, -0.2) is 13.6 Å². The molecule has 0 saturated heterocycles. The third kappa shape index (κ3) is 2.20. The van der Waals surface area contributed by atoms with Crippen molar-refractivity contribution in [2.24, 2.45) is 5.14 Å². The molecule has 0 saturated carbocycles. The fourth-order valence-electron chi connectivity index (χ4n) is 0.867. The molecule has 0 aliphatic rings. The lowest BCUT2D eigenvalue weighted by Gasteiger charge is -2.00. The number of aryl methyl sites for hydroxylation is 1. The highest BCUT2D eigenvalue weighted by atomic mass is 35.5. The minimum Gasteiger partial charge on any atom is -0.225 e. The number of rotatable bonds is 1. The minimum absolute atomic E-state index is 0.0486. The molecule has 0 aliphatic carbocycles. The molecule has 0 aliphatic heterocycles. The van der Waals surface area contributed by atoms with E-state index in [0.717, 1.165) is 5.56 Å². The fourth-order valence-corrected chi connectivity index (χ4v) is 1.86. The van der Waals surface area contributed by atoms with Crippen molar-refractivity contribution >= 4 is 21.6 Å². The van der Waals surface area contributed by atoms with Gasteiger partial charge in [0.05, 0.1) is 4.90 Å². The Bertz CT molecular complexity index is 380. The predicted octanol–water partition coefficient (Wildman–Crippen LogP) is 1.30. The van der Waals surface area contributed by atoms with Crippen LogP contribution in [0.15, 0.2) is 23.1 Å². The first kappa shape index (κ1) is 9.51. The molecular formula is C7H8ClNO2S. The number of sulfonamides is 1. The van der Waals surface area contributed by atoms with Gasteiger partial charge in [-0.05, 0) is 30.7 Å². The Kier molecular flexibility index (Phi) is 2.41. The second-order valence-electron chi connectivity index (χ2n) is 2.51. The lowest BCUT2D eigenvalue weighted by molar-refractivity contribution is 0.597. The standard InChI is InChI=1S/C7H8ClNO2S/c1-5-2-6(8)4-7(3-5)12(9,10)11/h2-4H,1H3,(H2,9,10,11). The molecule has 0 amide bonds.